The van der Waals surface area contributed by atoms with Gasteiger partial charge >= 0.3 is 6.18 Å². The molecule has 2 rings (SSSR count). The van der Waals surface area contributed by atoms with Gasteiger partial charge in [-0.15, -0.1) is 11.8 Å². The summed E-state index contributed by atoms with van der Waals surface area (Å²) in [5, 5.41) is 10.0. The minimum Gasteiger partial charge on any atom is -0.467 e. The molecule has 1 heterocycles. The summed E-state index contributed by atoms with van der Waals surface area (Å²) >= 11 is 1.09. The van der Waals surface area contributed by atoms with Gasteiger partial charge in [-0.05, 0) is 17.7 Å². The molecule has 0 radical (unpaired) electrons. The Morgan fingerprint density at radius 2 is 1.92 bits per heavy atom. The minimum absolute atomic E-state index is 0.152. The number of amides is 1. The molecule has 0 bridgehead atoms. The van der Waals surface area contributed by atoms with E-state index in [2.05, 4.69) is 0 Å². The first-order valence-electron chi connectivity index (χ1n) is 7.53. The highest BCUT2D eigenvalue weighted by Gasteiger charge is 2.33. The molecular weight excluding hydrogens is 355 g/mol. The third-order valence-electron chi connectivity index (χ3n) is 3.34. The number of thioether (sulfide) groups is 1. The summed E-state index contributed by atoms with van der Waals surface area (Å²) in [5.74, 6) is -0.303. The van der Waals surface area contributed by atoms with Crippen molar-refractivity contribution < 1.29 is 27.5 Å². The summed E-state index contributed by atoms with van der Waals surface area (Å²) in [7, 11) is 0. The van der Waals surface area contributed by atoms with E-state index in [9.17, 15) is 23.1 Å². The average Bonchev–Trinajstić information content (AvgIpc) is 3.06. The van der Waals surface area contributed by atoms with Crippen LogP contribution in [0, 0.1) is 0 Å². The minimum atomic E-state index is -4.49. The molecule has 136 valence electrons. The zero-order valence-corrected chi connectivity index (χ0v) is 14.1. The van der Waals surface area contributed by atoms with Gasteiger partial charge in [-0.2, -0.15) is 13.2 Å². The van der Waals surface area contributed by atoms with Gasteiger partial charge in [0.1, 0.15) is 12.3 Å². The zero-order chi connectivity index (χ0) is 18.3. The molecule has 1 aromatic heterocycles. The Morgan fingerprint density at radius 3 is 2.52 bits per heavy atom. The number of halogens is 3. The van der Waals surface area contributed by atoms with Crippen LogP contribution in [0.2, 0.25) is 0 Å². The molecule has 1 unspecified atom stereocenters. The van der Waals surface area contributed by atoms with Crippen molar-refractivity contribution in [1.29, 1.82) is 0 Å². The van der Waals surface area contributed by atoms with Crippen molar-refractivity contribution in [2.24, 2.45) is 0 Å². The van der Waals surface area contributed by atoms with E-state index in [0.717, 1.165) is 11.8 Å². The highest BCUT2D eigenvalue weighted by Crippen LogP contribution is 2.21. The summed E-state index contributed by atoms with van der Waals surface area (Å²) in [6, 6.07) is 11.9. The van der Waals surface area contributed by atoms with E-state index in [1.807, 2.05) is 6.07 Å². The van der Waals surface area contributed by atoms with Gasteiger partial charge < -0.3 is 14.4 Å². The second-order valence-electron chi connectivity index (χ2n) is 5.39. The van der Waals surface area contributed by atoms with Crippen LogP contribution in [0.4, 0.5) is 13.2 Å². The fraction of sp³-hybridized carbons (Fsp3) is 0.353. The van der Waals surface area contributed by atoms with Gasteiger partial charge in [-0.3, -0.25) is 4.79 Å². The number of carbonyl (C=O) groups is 1. The van der Waals surface area contributed by atoms with Crippen LogP contribution in [-0.4, -0.2) is 40.1 Å². The molecule has 0 saturated heterocycles. The lowest BCUT2D eigenvalue weighted by atomic mass is 10.1. The molecule has 1 aromatic carbocycles. The van der Waals surface area contributed by atoms with Crippen LogP contribution < -0.4 is 0 Å². The van der Waals surface area contributed by atoms with Crippen molar-refractivity contribution >= 4 is 17.7 Å². The van der Waals surface area contributed by atoms with Crippen molar-refractivity contribution in [3.63, 3.8) is 0 Å². The Bertz CT molecular complexity index is 647. The molecule has 0 spiro atoms. The van der Waals surface area contributed by atoms with Gasteiger partial charge in [0.25, 0.3) is 0 Å². The second-order valence-corrected chi connectivity index (χ2v) is 6.42. The van der Waals surface area contributed by atoms with Gasteiger partial charge in [0, 0.05) is 5.75 Å². The zero-order valence-electron chi connectivity index (χ0n) is 13.3. The largest absolute Gasteiger partial charge is 0.467 e. The Kier molecular flexibility index (Phi) is 6.95. The number of carbonyl (C=O) groups excluding carboxylic acids is 1. The van der Waals surface area contributed by atoms with Gasteiger partial charge in [-0.25, -0.2) is 0 Å². The van der Waals surface area contributed by atoms with Crippen LogP contribution >= 0.6 is 11.8 Å². The predicted octanol–water partition coefficient (Wildman–Crippen LogP) is 3.64. The third kappa shape index (κ3) is 6.83. The predicted molar refractivity (Wildman–Crippen MR) is 88.9 cm³/mol. The van der Waals surface area contributed by atoms with E-state index in [0.29, 0.717) is 10.5 Å². The lowest BCUT2D eigenvalue weighted by molar-refractivity contribution is -0.161. The first kappa shape index (κ1) is 19.4. The number of benzene rings is 1. The van der Waals surface area contributed by atoms with Crippen molar-refractivity contribution in [3.05, 3.63) is 60.1 Å². The molecule has 1 amide bonds. The molecule has 0 aliphatic heterocycles. The number of furan rings is 1. The molecule has 8 heteroatoms. The first-order valence-corrected chi connectivity index (χ1v) is 8.68. The molecule has 0 saturated carbocycles. The van der Waals surface area contributed by atoms with Crippen molar-refractivity contribution in [2.75, 3.05) is 18.1 Å². The Morgan fingerprint density at radius 1 is 1.20 bits per heavy atom. The average molecular weight is 373 g/mol. The number of rotatable bonds is 8. The molecule has 0 aliphatic carbocycles. The number of nitrogens with zero attached hydrogens (tertiary/aromatic N) is 1. The smallest absolute Gasteiger partial charge is 0.406 e. The monoisotopic (exact) mass is 373 g/mol. The van der Waals surface area contributed by atoms with Crippen molar-refractivity contribution in [2.45, 2.75) is 18.8 Å². The first-order chi connectivity index (χ1) is 11.8. The van der Waals surface area contributed by atoms with E-state index in [-0.39, 0.29) is 23.8 Å². The van der Waals surface area contributed by atoms with Crippen LogP contribution in [0.5, 0.6) is 0 Å². The van der Waals surface area contributed by atoms with Crippen LogP contribution in [0.25, 0.3) is 0 Å². The van der Waals surface area contributed by atoms with Crippen LogP contribution in [-0.2, 0) is 11.3 Å². The molecule has 1 atom stereocenters. The van der Waals surface area contributed by atoms with E-state index < -0.39 is 24.7 Å². The summed E-state index contributed by atoms with van der Waals surface area (Å²) in [6.07, 6.45) is -3.92. The third-order valence-corrected chi connectivity index (χ3v) is 4.34. The Labute approximate surface area is 147 Å². The van der Waals surface area contributed by atoms with Gasteiger partial charge in [0.15, 0.2) is 0 Å². The summed E-state index contributed by atoms with van der Waals surface area (Å²) in [6.45, 7) is -1.58. The van der Waals surface area contributed by atoms with E-state index in [4.69, 9.17) is 4.42 Å². The number of aliphatic hydroxyl groups excluding tert-OH is 1. The lowest BCUT2D eigenvalue weighted by Crippen LogP contribution is -2.39. The Hall–Kier alpha value is -1.93. The van der Waals surface area contributed by atoms with E-state index in [1.165, 1.54) is 12.3 Å². The highest BCUT2D eigenvalue weighted by atomic mass is 32.2. The molecule has 2 aromatic rings. The standard InChI is InChI=1S/C17H18F3NO3S/c18-17(19,20)12-21(9-14-7-4-8-24-14)16(23)11-25-10-15(22)13-5-2-1-3-6-13/h1-8,15,22H,9-12H2. The number of aliphatic hydroxyl groups is 1. The Balaban J connectivity index is 1.88. The molecule has 4 nitrogen and oxygen atoms in total. The maximum atomic E-state index is 12.7. The fourth-order valence-electron chi connectivity index (χ4n) is 2.16. The van der Waals surface area contributed by atoms with Gasteiger partial charge in [-0.1, -0.05) is 30.3 Å². The van der Waals surface area contributed by atoms with Crippen LogP contribution in [0.1, 0.15) is 17.4 Å². The highest BCUT2D eigenvalue weighted by molar-refractivity contribution is 7.99. The van der Waals surface area contributed by atoms with Gasteiger partial charge in [0.05, 0.1) is 24.7 Å². The van der Waals surface area contributed by atoms with E-state index in [1.54, 1.807) is 30.3 Å². The molecule has 0 aliphatic rings. The fourth-order valence-corrected chi connectivity index (χ4v) is 3.05. The maximum Gasteiger partial charge on any atom is 0.406 e. The topological polar surface area (TPSA) is 53.7 Å². The summed E-state index contributed by atoms with van der Waals surface area (Å²) in [5.41, 5.74) is 0.699. The molecular formula is C17H18F3NO3S. The van der Waals surface area contributed by atoms with Crippen LogP contribution in [0.3, 0.4) is 0 Å². The van der Waals surface area contributed by atoms with Gasteiger partial charge in [0.2, 0.25) is 5.91 Å². The van der Waals surface area contributed by atoms with Crippen LogP contribution in [0.15, 0.2) is 53.1 Å². The number of alkyl halides is 3. The number of hydrogen-bond donors (Lipinski definition) is 1. The van der Waals surface area contributed by atoms with E-state index >= 15 is 0 Å². The second kappa shape index (κ2) is 8.96. The summed E-state index contributed by atoms with van der Waals surface area (Å²) < 4.78 is 43.1. The summed E-state index contributed by atoms with van der Waals surface area (Å²) in [4.78, 5) is 12.9. The van der Waals surface area contributed by atoms with Crippen molar-refractivity contribution in [1.82, 2.24) is 4.90 Å². The lowest BCUT2D eigenvalue weighted by Gasteiger charge is -2.23. The normalized spacial score (nSPS) is 12.8. The molecule has 0 fully saturated rings. The SMILES string of the molecule is O=C(CSCC(O)c1ccccc1)N(Cc1ccco1)CC(F)(F)F. The number of hydrogen-bond acceptors (Lipinski definition) is 4. The molecule has 25 heavy (non-hydrogen) atoms. The quantitative estimate of drug-likeness (QED) is 0.768. The molecule has 1 N–H and O–H groups in total. The maximum absolute atomic E-state index is 12.7. The van der Waals surface area contributed by atoms with Crippen molar-refractivity contribution in [3.8, 4) is 0 Å².